The predicted molar refractivity (Wildman–Crippen MR) is 66.1 cm³/mol. The van der Waals surface area contributed by atoms with Crippen LogP contribution >= 0.6 is 0 Å². The zero-order chi connectivity index (χ0) is 11.6. The molecule has 0 aromatic heterocycles. The fourth-order valence-electron chi connectivity index (χ4n) is 3.85. The molecule has 2 heteroatoms. The molecule has 2 nitrogen and oxygen atoms in total. The lowest BCUT2D eigenvalue weighted by atomic mass is 9.65. The highest BCUT2D eigenvalue weighted by molar-refractivity contribution is 5.80. The van der Waals surface area contributed by atoms with E-state index in [9.17, 15) is 4.79 Å². The minimum absolute atomic E-state index is 0.292. The van der Waals surface area contributed by atoms with Gasteiger partial charge in [-0.05, 0) is 43.4 Å². The third kappa shape index (κ3) is 2.11. The Balaban J connectivity index is 1.97. The fraction of sp³-hybridized carbons (Fsp3) is 0.929. The van der Waals surface area contributed by atoms with Crippen LogP contribution in [-0.4, -0.2) is 11.9 Å². The van der Waals surface area contributed by atoms with Crippen molar-refractivity contribution in [1.82, 2.24) is 5.32 Å². The predicted octanol–water partition coefficient (Wildman–Crippen LogP) is 3.26. The third-order valence-corrected chi connectivity index (χ3v) is 4.79. The van der Waals surface area contributed by atoms with E-state index in [1.807, 2.05) is 0 Å². The second-order valence-corrected chi connectivity index (χ2v) is 5.80. The molecular formula is C14H25NO. The van der Waals surface area contributed by atoms with E-state index in [4.69, 9.17) is 0 Å². The largest absolute Gasteiger partial charge is 0.353 e. The maximum atomic E-state index is 11.6. The fourth-order valence-corrected chi connectivity index (χ4v) is 3.85. The Labute approximate surface area is 99.2 Å². The summed E-state index contributed by atoms with van der Waals surface area (Å²) in [5.41, 5.74) is 0.329. The molecule has 0 aromatic rings. The normalized spacial score (nSPS) is 39.0. The molecule has 0 radical (unpaired) electrons. The van der Waals surface area contributed by atoms with Crippen molar-refractivity contribution in [3.63, 3.8) is 0 Å². The molecular weight excluding hydrogens is 198 g/mol. The van der Waals surface area contributed by atoms with Gasteiger partial charge in [0.1, 0.15) is 0 Å². The molecule has 1 atom stereocenters. The number of amides is 1. The van der Waals surface area contributed by atoms with Gasteiger partial charge >= 0.3 is 0 Å². The lowest BCUT2D eigenvalue weighted by Crippen LogP contribution is -2.39. The molecule has 1 spiro atoms. The molecule has 16 heavy (non-hydrogen) atoms. The molecule has 1 aliphatic heterocycles. The van der Waals surface area contributed by atoms with Crippen LogP contribution in [0.4, 0.5) is 0 Å². The van der Waals surface area contributed by atoms with Crippen molar-refractivity contribution in [3.8, 4) is 0 Å². The van der Waals surface area contributed by atoms with Crippen LogP contribution in [0, 0.1) is 11.3 Å². The lowest BCUT2D eigenvalue weighted by molar-refractivity contribution is -0.119. The van der Waals surface area contributed by atoms with Crippen LogP contribution in [0.2, 0.25) is 0 Å². The number of hydrogen-bond acceptors (Lipinski definition) is 1. The summed E-state index contributed by atoms with van der Waals surface area (Å²) in [5.74, 6) is 1.23. The van der Waals surface area contributed by atoms with Gasteiger partial charge in [0.25, 0.3) is 0 Å². The maximum Gasteiger partial charge on any atom is 0.220 e. The monoisotopic (exact) mass is 223 g/mol. The average Bonchev–Trinajstić information content (AvgIpc) is 2.59. The maximum absolute atomic E-state index is 11.6. The summed E-state index contributed by atoms with van der Waals surface area (Å²) in [4.78, 5) is 11.6. The molecule has 0 bridgehead atoms. The van der Waals surface area contributed by atoms with E-state index in [0.29, 0.717) is 17.4 Å². The molecule has 92 valence electrons. The molecule has 2 fully saturated rings. The van der Waals surface area contributed by atoms with Crippen molar-refractivity contribution in [2.75, 3.05) is 0 Å². The number of hydrogen-bond donors (Lipinski definition) is 1. The minimum atomic E-state index is 0.292. The van der Waals surface area contributed by atoms with E-state index >= 15 is 0 Å². The highest BCUT2D eigenvalue weighted by atomic mass is 16.2. The van der Waals surface area contributed by atoms with Crippen LogP contribution < -0.4 is 5.32 Å². The van der Waals surface area contributed by atoms with Gasteiger partial charge in [-0.15, -0.1) is 0 Å². The lowest BCUT2D eigenvalue weighted by Gasteiger charge is -2.40. The molecule has 2 aliphatic rings. The van der Waals surface area contributed by atoms with Gasteiger partial charge < -0.3 is 5.32 Å². The third-order valence-electron chi connectivity index (χ3n) is 4.79. The van der Waals surface area contributed by atoms with Crippen LogP contribution in [0.3, 0.4) is 0 Å². The van der Waals surface area contributed by atoms with Gasteiger partial charge in [0.2, 0.25) is 5.91 Å². The Kier molecular flexibility index (Phi) is 3.56. The van der Waals surface area contributed by atoms with Crippen LogP contribution in [0.1, 0.15) is 65.2 Å². The van der Waals surface area contributed by atoms with E-state index in [-0.39, 0.29) is 0 Å². The zero-order valence-corrected chi connectivity index (χ0v) is 10.7. The van der Waals surface area contributed by atoms with E-state index < -0.39 is 0 Å². The molecule has 1 unspecified atom stereocenters. The van der Waals surface area contributed by atoms with Gasteiger partial charge in [-0.3, -0.25) is 4.79 Å². The molecule has 1 N–H and O–H groups in total. The van der Waals surface area contributed by atoms with Crippen molar-refractivity contribution in [1.29, 1.82) is 0 Å². The summed E-state index contributed by atoms with van der Waals surface area (Å²) >= 11 is 0. The summed E-state index contributed by atoms with van der Waals surface area (Å²) in [7, 11) is 0. The van der Waals surface area contributed by atoms with E-state index in [1.165, 1.54) is 38.5 Å². The van der Waals surface area contributed by atoms with Gasteiger partial charge in [-0.1, -0.05) is 26.7 Å². The Morgan fingerprint density at radius 2 is 2.00 bits per heavy atom. The summed E-state index contributed by atoms with van der Waals surface area (Å²) in [6, 6.07) is 0.461. The molecule has 1 heterocycles. The number of carbonyl (C=O) groups is 1. The standard InChI is InChI=1S/C14H25NO/c1-3-5-11-6-8-14(9-7-11)10-13(16)15-12(14)4-2/h11-12H,3-10H2,1-2H3,(H,15,16). The quantitative estimate of drug-likeness (QED) is 0.781. The van der Waals surface area contributed by atoms with Gasteiger partial charge in [-0.2, -0.15) is 0 Å². The first-order chi connectivity index (χ1) is 7.70. The van der Waals surface area contributed by atoms with Crippen molar-refractivity contribution in [2.45, 2.75) is 71.3 Å². The first-order valence-corrected chi connectivity index (χ1v) is 6.99. The number of rotatable bonds is 3. The van der Waals surface area contributed by atoms with Gasteiger partial charge in [0.05, 0.1) is 0 Å². The second kappa shape index (κ2) is 4.77. The summed E-state index contributed by atoms with van der Waals surface area (Å²) in [5, 5.41) is 3.17. The second-order valence-electron chi connectivity index (χ2n) is 5.80. The molecule has 1 aliphatic carbocycles. The van der Waals surface area contributed by atoms with Crippen LogP contribution in [0.5, 0.6) is 0 Å². The van der Waals surface area contributed by atoms with E-state index in [0.717, 1.165) is 18.8 Å². The Morgan fingerprint density at radius 1 is 1.31 bits per heavy atom. The number of carbonyl (C=O) groups excluding carboxylic acids is 1. The highest BCUT2D eigenvalue weighted by Crippen LogP contribution is 2.48. The average molecular weight is 223 g/mol. The summed E-state index contributed by atoms with van der Waals surface area (Å²) in [6.07, 6.45) is 9.83. The topological polar surface area (TPSA) is 29.1 Å². The van der Waals surface area contributed by atoms with Crippen molar-refractivity contribution in [2.24, 2.45) is 11.3 Å². The SMILES string of the molecule is CCCC1CCC2(CC1)CC(=O)NC2CC. The molecule has 0 aromatic carbocycles. The zero-order valence-electron chi connectivity index (χ0n) is 10.7. The minimum Gasteiger partial charge on any atom is -0.353 e. The Bertz CT molecular complexity index is 253. The van der Waals surface area contributed by atoms with Crippen molar-refractivity contribution < 1.29 is 4.79 Å². The van der Waals surface area contributed by atoms with Crippen LogP contribution in [-0.2, 0) is 4.79 Å². The van der Waals surface area contributed by atoms with Crippen LogP contribution in [0.25, 0.3) is 0 Å². The van der Waals surface area contributed by atoms with Crippen molar-refractivity contribution in [3.05, 3.63) is 0 Å². The summed E-state index contributed by atoms with van der Waals surface area (Å²) in [6.45, 7) is 4.48. The van der Waals surface area contributed by atoms with Gasteiger partial charge in [0.15, 0.2) is 0 Å². The van der Waals surface area contributed by atoms with Crippen LogP contribution in [0.15, 0.2) is 0 Å². The summed E-state index contributed by atoms with van der Waals surface area (Å²) < 4.78 is 0. The highest BCUT2D eigenvalue weighted by Gasteiger charge is 2.47. The molecule has 1 saturated carbocycles. The molecule has 2 rings (SSSR count). The van der Waals surface area contributed by atoms with Gasteiger partial charge in [-0.25, -0.2) is 0 Å². The molecule has 1 amide bonds. The van der Waals surface area contributed by atoms with E-state index in [2.05, 4.69) is 19.2 Å². The first-order valence-electron chi connectivity index (χ1n) is 6.99. The Morgan fingerprint density at radius 3 is 2.56 bits per heavy atom. The molecule has 1 saturated heterocycles. The first kappa shape index (κ1) is 11.9. The number of nitrogens with one attached hydrogen (secondary N) is 1. The van der Waals surface area contributed by atoms with E-state index in [1.54, 1.807) is 0 Å². The van der Waals surface area contributed by atoms with Crippen molar-refractivity contribution >= 4 is 5.91 Å². The smallest absolute Gasteiger partial charge is 0.220 e. The Hall–Kier alpha value is -0.530. The van der Waals surface area contributed by atoms with Gasteiger partial charge in [0, 0.05) is 12.5 Å².